The minimum atomic E-state index is 0.157. The van der Waals surface area contributed by atoms with E-state index >= 15 is 0 Å². The predicted octanol–water partition coefficient (Wildman–Crippen LogP) is 5.09. The Morgan fingerprint density at radius 2 is 2.09 bits per heavy atom. The third kappa shape index (κ3) is 2.10. The topological polar surface area (TPSA) is 37.3 Å². The lowest BCUT2D eigenvalue weighted by Gasteiger charge is -2.51. The van der Waals surface area contributed by atoms with Gasteiger partial charge in [-0.3, -0.25) is 4.79 Å². The first-order valence-corrected chi connectivity index (χ1v) is 9.39. The second-order valence-corrected chi connectivity index (χ2v) is 8.37. The number of aryl methyl sites for hydroxylation is 1. The molecule has 0 spiro atoms. The quantitative estimate of drug-likeness (QED) is 0.773. The van der Waals surface area contributed by atoms with Crippen LogP contribution < -0.4 is 0 Å². The Balaban J connectivity index is 1.71. The summed E-state index contributed by atoms with van der Waals surface area (Å²) in [5.41, 5.74) is 3.65. The molecule has 0 unspecified atom stereocenters. The fraction of sp³-hybridized carbons (Fsp3) is 0.667. The normalized spacial score (nSPS) is 38.5. The molecule has 0 aliphatic heterocycles. The lowest BCUT2D eigenvalue weighted by atomic mass is 9.54. The fourth-order valence-electron chi connectivity index (χ4n) is 6.50. The molecule has 1 aromatic rings. The van der Waals surface area contributed by atoms with Gasteiger partial charge in [-0.15, -0.1) is 0 Å². The zero-order valence-electron chi connectivity index (χ0n) is 14.3. The van der Waals surface area contributed by atoms with E-state index in [0.29, 0.717) is 16.9 Å². The molecule has 23 heavy (non-hydrogen) atoms. The van der Waals surface area contributed by atoms with E-state index in [1.807, 2.05) is 12.1 Å². The number of aldehydes is 1. The first-order valence-electron chi connectivity index (χ1n) is 9.39. The van der Waals surface area contributed by atoms with Crippen molar-refractivity contribution in [2.24, 2.45) is 23.2 Å². The van der Waals surface area contributed by atoms with Crippen LogP contribution in [0.5, 0.6) is 5.75 Å². The second-order valence-electron chi connectivity index (χ2n) is 8.37. The van der Waals surface area contributed by atoms with Crippen LogP contribution >= 0.6 is 0 Å². The molecule has 1 aromatic carbocycles. The van der Waals surface area contributed by atoms with Crippen LogP contribution in [0, 0.1) is 23.2 Å². The highest BCUT2D eigenvalue weighted by atomic mass is 16.3. The molecule has 0 radical (unpaired) electrons. The minimum absolute atomic E-state index is 0.157. The van der Waals surface area contributed by atoms with Crippen LogP contribution in [0.2, 0.25) is 0 Å². The van der Waals surface area contributed by atoms with Crippen LogP contribution in [0.1, 0.15) is 79.8 Å². The minimum Gasteiger partial charge on any atom is -0.507 e. The van der Waals surface area contributed by atoms with Crippen LogP contribution in [-0.2, 0) is 6.42 Å². The van der Waals surface area contributed by atoms with Crippen molar-refractivity contribution in [1.29, 1.82) is 0 Å². The van der Waals surface area contributed by atoms with Gasteiger partial charge in [0, 0.05) is 0 Å². The van der Waals surface area contributed by atoms with Crippen LogP contribution in [0.25, 0.3) is 0 Å². The maximum absolute atomic E-state index is 11.2. The monoisotopic (exact) mass is 312 g/mol. The van der Waals surface area contributed by atoms with Gasteiger partial charge in [0.05, 0.1) is 5.56 Å². The summed E-state index contributed by atoms with van der Waals surface area (Å²) in [4.78, 5) is 11.2. The molecule has 0 amide bonds. The van der Waals surface area contributed by atoms with E-state index in [4.69, 9.17) is 0 Å². The summed E-state index contributed by atoms with van der Waals surface area (Å²) in [6.45, 7) is 4.91. The van der Waals surface area contributed by atoms with Crippen molar-refractivity contribution >= 4 is 6.29 Å². The van der Waals surface area contributed by atoms with E-state index in [0.717, 1.165) is 30.5 Å². The van der Waals surface area contributed by atoms with Crippen molar-refractivity contribution in [3.05, 3.63) is 28.8 Å². The van der Waals surface area contributed by atoms with Crippen molar-refractivity contribution in [2.75, 3.05) is 0 Å². The molecule has 3 aliphatic rings. The van der Waals surface area contributed by atoms with Crippen molar-refractivity contribution in [2.45, 2.75) is 64.7 Å². The van der Waals surface area contributed by atoms with Gasteiger partial charge in [0.2, 0.25) is 0 Å². The summed E-state index contributed by atoms with van der Waals surface area (Å²) in [5.74, 6) is 3.30. The molecule has 0 aromatic heterocycles. The Morgan fingerprint density at radius 3 is 2.83 bits per heavy atom. The standard InChI is InChI=1S/C21H28O2/c1-3-15-5-7-19-17-6-4-13-11-20(23)14(12-22)10-18(13)16(17)8-9-21(15,19)2/h10-12,15-17,19,23H,3-9H2,1-2H3/t15-,16-,17+,19-,21+/m0/s1. The van der Waals surface area contributed by atoms with Crippen molar-refractivity contribution in [3.8, 4) is 5.75 Å². The molecular formula is C21H28O2. The van der Waals surface area contributed by atoms with Gasteiger partial charge in [0.1, 0.15) is 5.75 Å². The Labute approximate surface area is 139 Å². The molecule has 4 rings (SSSR count). The van der Waals surface area contributed by atoms with Gasteiger partial charge in [-0.1, -0.05) is 20.3 Å². The SMILES string of the molecule is CC[C@H]1CC[C@H]2[C@@H]3CCc4cc(O)c(C=O)cc4[C@H]3CC[C@]12C. The molecule has 1 N–H and O–H groups in total. The van der Waals surface area contributed by atoms with Crippen molar-refractivity contribution in [3.63, 3.8) is 0 Å². The maximum Gasteiger partial charge on any atom is 0.153 e. The van der Waals surface area contributed by atoms with Gasteiger partial charge in [-0.2, -0.15) is 0 Å². The number of phenols is 1. The average Bonchev–Trinajstić information content (AvgIpc) is 2.90. The average molecular weight is 312 g/mol. The number of carbonyl (C=O) groups is 1. The third-order valence-electron chi connectivity index (χ3n) is 7.69. The molecule has 2 saturated carbocycles. The Kier molecular flexibility index (Phi) is 3.55. The third-order valence-corrected chi connectivity index (χ3v) is 7.69. The van der Waals surface area contributed by atoms with Crippen LogP contribution in [-0.4, -0.2) is 11.4 Å². The van der Waals surface area contributed by atoms with Gasteiger partial charge < -0.3 is 5.11 Å². The van der Waals surface area contributed by atoms with Gasteiger partial charge in [-0.25, -0.2) is 0 Å². The molecule has 5 atom stereocenters. The van der Waals surface area contributed by atoms with E-state index < -0.39 is 0 Å². The smallest absolute Gasteiger partial charge is 0.153 e. The molecule has 124 valence electrons. The lowest BCUT2D eigenvalue weighted by Crippen LogP contribution is -2.42. The molecule has 0 heterocycles. The zero-order valence-corrected chi connectivity index (χ0v) is 14.3. The van der Waals surface area contributed by atoms with Gasteiger partial charge in [-0.05, 0) is 90.9 Å². The highest BCUT2D eigenvalue weighted by Gasteiger charge is 2.53. The Bertz CT molecular complexity index is 635. The molecule has 0 saturated heterocycles. The Hall–Kier alpha value is -1.31. The molecule has 2 nitrogen and oxygen atoms in total. The van der Waals surface area contributed by atoms with E-state index in [9.17, 15) is 9.90 Å². The summed E-state index contributed by atoms with van der Waals surface area (Å²) in [6.07, 6.45) is 9.82. The summed E-state index contributed by atoms with van der Waals surface area (Å²) in [6, 6.07) is 3.84. The predicted molar refractivity (Wildman–Crippen MR) is 91.9 cm³/mol. The van der Waals surface area contributed by atoms with Crippen molar-refractivity contribution in [1.82, 2.24) is 0 Å². The highest BCUT2D eigenvalue weighted by Crippen LogP contribution is 2.63. The molecule has 2 fully saturated rings. The summed E-state index contributed by atoms with van der Waals surface area (Å²) >= 11 is 0. The van der Waals surface area contributed by atoms with Crippen molar-refractivity contribution < 1.29 is 9.90 Å². The number of fused-ring (bicyclic) bond motifs is 5. The first kappa shape index (κ1) is 15.2. The number of hydrogen-bond acceptors (Lipinski definition) is 2. The largest absolute Gasteiger partial charge is 0.507 e. The molecule has 3 aliphatic carbocycles. The summed E-state index contributed by atoms with van der Waals surface area (Å²) in [5, 5.41) is 9.99. The van der Waals surface area contributed by atoms with Crippen LogP contribution in [0.3, 0.4) is 0 Å². The molecule has 2 heteroatoms. The van der Waals surface area contributed by atoms with E-state index in [-0.39, 0.29) is 5.75 Å². The number of aromatic hydroxyl groups is 1. The number of carbonyl (C=O) groups excluding carboxylic acids is 1. The Morgan fingerprint density at radius 1 is 1.26 bits per heavy atom. The summed E-state index contributed by atoms with van der Waals surface area (Å²) in [7, 11) is 0. The number of benzene rings is 1. The summed E-state index contributed by atoms with van der Waals surface area (Å²) < 4.78 is 0. The number of phenolic OH excluding ortho intramolecular Hbond substituents is 1. The maximum atomic E-state index is 11.2. The lowest BCUT2D eigenvalue weighted by molar-refractivity contribution is 0.0273. The van der Waals surface area contributed by atoms with E-state index in [1.165, 1.54) is 49.7 Å². The van der Waals surface area contributed by atoms with Gasteiger partial charge >= 0.3 is 0 Å². The highest BCUT2D eigenvalue weighted by molar-refractivity contribution is 5.80. The van der Waals surface area contributed by atoms with Gasteiger partial charge in [0.15, 0.2) is 6.29 Å². The molecular weight excluding hydrogens is 284 g/mol. The van der Waals surface area contributed by atoms with Crippen LogP contribution in [0.15, 0.2) is 12.1 Å². The molecule has 0 bridgehead atoms. The zero-order chi connectivity index (χ0) is 16.2. The van der Waals surface area contributed by atoms with E-state index in [1.54, 1.807) is 0 Å². The van der Waals surface area contributed by atoms with Crippen LogP contribution in [0.4, 0.5) is 0 Å². The second kappa shape index (κ2) is 5.36. The number of hydrogen-bond donors (Lipinski definition) is 1. The first-order chi connectivity index (χ1) is 11.1. The van der Waals surface area contributed by atoms with E-state index in [2.05, 4.69) is 13.8 Å². The number of rotatable bonds is 2. The van der Waals surface area contributed by atoms with Gasteiger partial charge in [0.25, 0.3) is 0 Å². The fourth-order valence-corrected chi connectivity index (χ4v) is 6.50.